The molecule has 0 N–H and O–H groups in total. The number of nitrogens with zero attached hydrogens (tertiary/aromatic N) is 3. The molecule has 1 aromatic carbocycles. The number of fused-ring (bicyclic) bond motifs is 3. The third-order valence-electron chi connectivity index (χ3n) is 6.94. The van der Waals surface area contributed by atoms with Crippen molar-refractivity contribution in [3.05, 3.63) is 51.9 Å². The number of Topliss-reactive ketones (excluding diaryl/α,β-unsaturated/α-hetero) is 1. The van der Waals surface area contributed by atoms with E-state index in [-0.39, 0.29) is 17.4 Å². The molecule has 6 nitrogen and oxygen atoms in total. The predicted molar refractivity (Wildman–Crippen MR) is 127 cm³/mol. The lowest BCUT2D eigenvalue weighted by molar-refractivity contribution is 0.0661. The molecule has 5 rings (SSSR count). The number of ketones is 1. The van der Waals surface area contributed by atoms with Gasteiger partial charge in [0.25, 0.3) is 5.56 Å². The summed E-state index contributed by atoms with van der Waals surface area (Å²) in [4.78, 5) is 33.0. The molecule has 4 heterocycles. The maximum atomic E-state index is 13.1. The molecule has 0 unspecified atom stereocenters. The van der Waals surface area contributed by atoms with Gasteiger partial charge in [0.15, 0.2) is 5.78 Å². The highest BCUT2D eigenvalue weighted by Crippen LogP contribution is 2.36. The van der Waals surface area contributed by atoms with Gasteiger partial charge >= 0.3 is 0 Å². The molecule has 2 saturated heterocycles. The first-order valence-corrected chi connectivity index (χ1v) is 12.4. The molecule has 0 radical (unpaired) electrons. The van der Waals surface area contributed by atoms with Crippen molar-refractivity contribution < 1.29 is 9.53 Å². The van der Waals surface area contributed by atoms with Gasteiger partial charge in [0.2, 0.25) is 0 Å². The molecule has 7 heteroatoms. The van der Waals surface area contributed by atoms with Gasteiger partial charge in [-0.1, -0.05) is 13.3 Å². The molecule has 0 spiro atoms. The van der Waals surface area contributed by atoms with E-state index in [0.717, 1.165) is 37.1 Å². The summed E-state index contributed by atoms with van der Waals surface area (Å²) >= 11 is 1.25. The second kappa shape index (κ2) is 8.79. The first-order chi connectivity index (χ1) is 15.5. The molecule has 3 aromatic rings. The van der Waals surface area contributed by atoms with Crippen LogP contribution in [0.5, 0.6) is 5.75 Å². The van der Waals surface area contributed by atoms with Crippen molar-refractivity contribution in [1.29, 1.82) is 0 Å². The minimum atomic E-state index is -0.143. The zero-order chi connectivity index (χ0) is 22.2. The van der Waals surface area contributed by atoms with Gasteiger partial charge in [0, 0.05) is 18.5 Å². The van der Waals surface area contributed by atoms with Crippen molar-refractivity contribution in [2.45, 2.75) is 70.1 Å². The Labute approximate surface area is 191 Å². The smallest absolute Gasteiger partial charge is 0.275 e. The van der Waals surface area contributed by atoms with Gasteiger partial charge in [-0.2, -0.15) is 0 Å². The van der Waals surface area contributed by atoms with Crippen molar-refractivity contribution in [2.75, 3.05) is 7.05 Å². The zero-order valence-corrected chi connectivity index (χ0v) is 19.4. The van der Waals surface area contributed by atoms with Crippen molar-refractivity contribution in [3.63, 3.8) is 0 Å². The topological polar surface area (TPSA) is 64.4 Å². The highest BCUT2D eigenvalue weighted by atomic mass is 32.1. The molecule has 0 saturated carbocycles. The molecule has 2 fully saturated rings. The summed E-state index contributed by atoms with van der Waals surface area (Å²) in [5, 5.41) is 0. The van der Waals surface area contributed by atoms with Crippen LogP contribution in [0.2, 0.25) is 0 Å². The maximum absolute atomic E-state index is 13.1. The van der Waals surface area contributed by atoms with Crippen LogP contribution in [0.15, 0.2) is 41.5 Å². The number of ether oxygens (including phenoxy) is 1. The SMILES string of the molecule is CCCCC(=O)c1cc2ncn(-c3ccc(O[C@H]4C[C@H]5CC[C@@H](C4)N5C)cc3)c(=O)c2s1. The summed E-state index contributed by atoms with van der Waals surface area (Å²) in [6, 6.07) is 10.7. The molecule has 2 aliphatic heterocycles. The second-order valence-electron chi connectivity index (χ2n) is 9.03. The number of rotatable bonds is 7. The van der Waals surface area contributed by atoms with Crippen LogP contribution in [0.1, 0.15) is 61.5 Å². The van der Waals surface area contributed by atoms with Crippen LogP contribution in [-0.2, 0) is 0 Å². The quantitative estimate of drug-likeness (QED) is 0.482. The lowest BCUT2D eigenvalue weighted by Crippen LogP contribution is -2.43. The van der Waals surface area contributed by atoms with Crippen LogP contribution in [0, 0.1) is 0 Å². The summed E-state index contributed by atoms with van der Waals surface area (Å²) in [6.07, 6.45) is 8.84. The molecule has 168 valence electrons. The van der Waals surface area contributed by atoms with E-state index < -0.39 is 0 Å². The second-order valence-corrected chi connectivity index (χ2v) is 10.1. The Balaban J connectivity index is 1.33. The van der Waals surface area contributed by atoms with E-state index in [1.807, 2.05) is 24.3 Å². The van der Waals surface area contributed by atoms with Crippen molar-refractivity contribution in [3.8, 4) is 11.4 Å². The van der Waals surface area contributed by atoms with Gasteiger partial charge in [0.05, 0.1) is 16.1 Å². The summed E-state index contributed by atoms with van der Waals surface area (Å²) in [5.41, 5.74) is 1.19. The minimum absolute atomic E-state index is 0.0876. The summed E-state index contributed by atoms with van der Waals surface area (Å²) < 4.78 is 8.34. The number of hydrogen-bond acceptors (Lipinski definition) is 6. The van der Waals surface area contributed by atoms with Crippen LogP contribution >= 0.6 is 11.3 Å². The van der Waals surface area contributed by atoms with Gasteiger partial charge < -0.3 is 9.64 Å². The number of carbonyl (C=O) groups excluding carboxylic acids is 1. The van der Waals surface area contributed by atoms with E-state index in [1.54, 1.807) is 17.0 Å². The lowest BCUT2D eigenvalue weighted by Gasteiger charge is -2.36. The Morgan fingerprint density at radius 1 is 1.19 bits per heavy atom. The first kappa shape index (κ1) is 21.3. The molecule has 0 aliphatic carbocycles. The predicted octanol–water partition coefficient (Wildman–Crippen LogP) is 4.82. The number of benzene rings is 1. The Kier molecular flexibility index (Phi) is 5.86. The number of aromatic nitrogens is 2. The average Bonchev–Trinajstić information content (AvgIpc) is 3.31. The van der Waals surface area contributed by atoms with Crippen LogP contribution in [0.4, 0.5) is 0 Å². The van der Waals surface area contributed by atoms with Gasteiger partial charge in [-0.25, -0.2) is 4.98 Å². The van der Waals surface area contributed by atoms with E-state index in [1.165, 1.54) is 24.2 Å². The highest BCUT2D eigenvalue weighted by Gasteiger charge is 2.39. The maximum Gasteiger partial charge on any atom is 0.275 e. The van der Waals surface area contributed by atoms with E-state index in [4.69, 9.17) is 4.74 Å². The summed E-state index contributed by atoms with van der Waals surface area (Å²) in [5.74, 6) is 0.925. The average molecular weight is 452 g/mol. The Morgan fingerprint density at radius 3 is 2.59 bits per heavy atom. The van der Waals surface area contributed by atoms with Gasteiger partial charge in [0.1, 0.15) is 22.9 Å². The molecule has 0 amide bonds. The Morgan fingerprint density at radius 2 is 1.91 bits per heavy atom. The van der Waals surface area contributed by atoms with E-state index in [9.17, 15) is 9.59 Å². The fourth-order valence-electron chi connectivity index (χ4n) is 5.03. The summed E-state index contributed by atoms with van der Waals surface area (Å²) in [6.45, 7) is 2.06. The highest BCUT2D eigenvalue weighted by molar-refractivity contribution is 7.20. The van der Waals surface area contributed by atoms with Crippen molar-refractivity contribution >= 4 is 27.3 Å². The molecular formula is C25H29N3O3S. The standard InChI is InChI=1S/C25H29N3O3S/c1-3-4-5-22(29)23-14-21-24(32-23)25(30)28(15-26-21)16-8-10-19(11-9-16)31-20-12-17-6-7-18(13-20)27(17)2/h8-11,14-15,17-18,20H,3-7,12-13H2,1-2H3/t17-,18+,20+. The number of hydrogen-bond donors (Lipinski definition) is 0. The molecule has 32 heavy (non-hydrogen) atoms. The molecule has 2 aromatic heterocycles. The van der Waals surface area contributed by atoms with Crippen LogP contribution < -0.4 is 10.3 Å². The monoisotopic (exact) mass is 451 g/mol. The largest absolute Gasteiger partial charge is 0.490 e. The summed E-state index contributed by atoms with van der Waals surface area (Å²) in [7, 11) is 2.23. The van der Waals surface area contributed by atoms with E-state index in [2.05, 4.69) is 23.9 Å². The third kappa shape index (κ3) is 3.99. The zero-order valence-electron chi connectivity index (χ0n) is 18.6. The van der Waals surface area contributed by atoms with Crippen LogP contribution in [0.3, 0.4) is 0 Å². The van der Waals surface area contributed by atoms with Gasteiger partial charge in [-0.3, -0.25) is 14.2 Å². The Hall–Kier alpha value is -2.51. The fraction of sp³-hybridized carbons (Fsp3) is 0.480. The van der Waals surface area contributed by atoms with Gasteiger partial charge in [-0.05, 0) is 69.5 Å². The van der Waals surface area contributed by atoms with Crippen molar-refractivity contribution in [1.82, 2.24) is 14.5 Å². The third-order valence-corrected chi connectivity index (χ3v) is 8.10. The van der Waals surface area contributed by atoms with E-state index >= 15 is 0 Å². The van der Waals surface area contributed by atoms with E-state index in [0.29, 0.717) is 33.6 Å². The van der Waals surface area contributed by atoms with Crippen LogP contribution in [-0.4, -0.2) is 45.5 Å². The first-order valence-electron chi connectivity index (χ1n) is 11.6. The number of piperidine rings is 1. The number of carbonyl (C=O) groups is 1. The lowest BCUT2D eigenvalue weighted by atomic mass is 10.0. The fourth-order valence-corrected chi connectivity index (χ4v) is 6.04. The van der Waals surface area contributed by atoms with Crippen molar-refractivity contribution in [2.24, 2.45) is 0 Å². The molecular weight excluding hydrogens is 422 g/mol. The van der Waals surface area contributed by atoms with Crippen LogP contribution in [0.25, 0.3) is 15.9 Å². The number of thiophene rings is 1. The molecule has 3 atom stereocenters. The number of unbranched alkanes of at least 4 members (excludes halogenated alkanes) is 1. The minimum Gasteiger partial charge on any atom is -0.490 e. The normalized spacial score (nSPS) is 23.0. The molecule has 2 bridgehead atoms. The van der Waals surface area contributed by atoms with Gasteiger partial charge in [-0.15, -0.1) is 11.3 Å². The molecule has 2 aliphatic rings. The Bertz CT molecular complexity index is 1170.